The van der Waals surface area contributed by atoms with E-state index in [9.17, 15) is 23.1 Å². The molecule has 1 aromatic rings. The first-order valence-corrected chi connectivity index (χ1v) is 6.32. The minimum atomic E-state index is -4.86. The molecule has 1 unspecified atom stereocenters. The highest BCUT2D eigenvalue weighted by molar-refractivity contribution is 9.10. The Morgan fingerprint density at radius 2 is 1.95 bits per heavy atom. The Balaban J connectivity index is 3.25. The molecular weight excluding hydrogens is 343 g/mol. The fourth-order valence-electron chi connectivity index (χ4n) is 1.58. The second kappa shape index (κ2) is 5.71. The Labute approximate surface area is 121 Å². The zero-order valence-corrected chi connectivity index (χ0v) is 12.0. The van der Waals surface area contributed by atoms with E-state index >= 15 is 0 Å². The molecular formula is C12H13BrF3NO3. The number of benzene rings is 1. The first-order valence-electron chi connectivity index (χ1n) is 5.52. The lowest BCUT2D eigenvalue weighted by Crippen LogP contribution is -2.39. The zero-order valence-electron chi connectivity index (χ0n) is 10.4. The monoisotopic (exact) mass is 355 g/mol. The Morgan fingerprint density at radius 1 is 1.40 bits per heavy atom. The molecule has 4 nitrogen and oxygen atoms in total. The van der Waals surface area contributed by atoms with Gasteiger partial charge in [0.05, 0.1) is 6.42 Å². The largest absolute Gasteiger partial charge is 0.481 e. The number of rotatable bonds is 4. The third-order valence-corrected chi connectivity index (χ3v) is 3.31. The van der Waals surface area contributed by atoms with E-state index in [1.54, 1.807) is 0 Å². The average molecular weight is 356 g/mol. The summed E-state index contributed by atoms with van der Waals surface area (Å²) in [6, 6.07) is 2.63. The summed E-state index contributed by atoms with van der Waals surface area (Å²) in [5.41, 5.74) is 2.36. The molecule has 112 valence electrons. The van der Waals surface area contributed by atoms with Gasteiger partial charge >= 0.3 is 12.1 Å². The predicted molar refractivity (Wildman–Crippen MR) is 68.9 cm³/mol. The molecule has 0 aliphatic carbocycles. The molecule has 0 saturated heterocycles. The smallest absolute Gasteiger partial charge is 0.421 e. The standard InChI is InChI=1S/C12H13BrF3NO3/c1-11(20,12(14,15)16)7-2-6(3-8(13)4-7)9(17)5-10(18)19/h2-4,9,20H,5,17H2,1H3,(H,18,19)/t9-,11?/m0/s1. The lowest BCUT2D eigenvalue weighted by atomic mass is 9.92. The van der Waals surface area contributed by atoms with E-state index in [4.69, 9.17) is 10.8 Å². The molecule has 0 heterocycles. The first-order chi connectivity index (χ1) is 8.95. The summed E-state index contributed by atoms with van der Waals surface area (Å²) < 4.78 is 38.7. The van der Waals surface area contributed by atoms with Crippen LogP contribution in [0.3, 0.4) is 0 Å². The molecule has 4 N–H and O–H groups in total. The van der Waals surface area contributed by atoms with Gasteiger partial charge in [-0.1, -0.05) is 22.0 Å². The van der Waals surface area contributed by atoms with Gasteiger partial charge in [0.15, 0.2) is 5.60 Å². The zero-order chi connectivity index (χ0) is 15.7. The van der Waals surface area contributed by atoms with Crippen molar-refractivity contribution >= 4 is 21.9 Å². The van der Waals surface area contributed by atoms with Gasteiger partial charge in [0.25, 0.3) is 0 Å². The van der Waals surface area contributed by atoms with E-state index in [-0.39, 0.29) is 10.0 Å². The van der Waals surface area contributed by atoms with Gasteiger partial charge in [-0.2, -0.15) is 13.2 Å². The van der Waals surface area contributed by atoms with Crippen molar-refractivity contribution in [3.63, 3.8) is 0 Å². The lowest BCUT2D eigenvalue weighted by molar-refractivity contribution is -0.258. The highest BCUT2D eigenvalue weighted by Gasteiger charge is 2.51. The van der Waals surface area contributed by atoms with E-state index in [1.807, 2.05) is 0 Å². The maximum absolute atomic E-state index is 12.8. The van der Waals surface area contributed by atoms with Crippen molar-refractivity contribution in [2.45, 2.75) is 31.2 Å². The third-order valence-electron chi connectivity index (χ3n) is 2.86. The van der Waals surface area contributed by atoms with Gasteiger partial charge in [-0.15, -0.1) is 0 Å². The van der Waals surface area contributed by atoms with Crippen LogP contribution in [0.4, 0.5) is 13.2 Å². The molecule has 1 aromatic carbocycles. The molecule has 0 aliphatic rings. The lowest BCUT2D eigenvalue weighted by Gasteiger charge is -2.27. The van der Waals surface area contributed by atoms with Crippen LogP contribution in [0.15, 0.2) is 22.7 Å². The number of hydrogen-bond donors (Lipinski definition) is 3. The van der Waals surface area contributed by atoms with E-state index in [0.717, 1.165) is 12.1 Å². The summed E-state index contributed by atoms with van der Waals surface area (Å²) in [6.45, 7) is 0.626. The Hall–Kier alpha value is -1.12. The summed E-state index contributed by atoms with van der Waals surface area (Å²) in [5.74, 6) is -1.17. The van der Waals surface area contributed by atoms with Gasteiger partial charge in [0.2, 0.25) is 0 Å². The van der Waals surface area contributed by atoms with Crippen LogP contribution in [0.1, 0.15) is 30.5 Å². The van der Waals surface area contributed by atoms with Gasteiger partial charge < -0.3 is 15.9 Å². The average Bonchev–Trinajstić information content (AvgIpc) is 2.25. The van der Waals surface area contributed by atoms with E-state index < -0.39 is 35.8 Å². The number of carboxylic acids is 1. The number of halogens is 4. The summed E-state index contributed by atoms with van der Waals surface area (Å²) in [6.07, 6.45) is -5.29. The fourth-order valence-corrected chi connectivity index (χ4v) is 2.09. The van der Waals surface area contributed by atoms with Crippen LogP contribution in [-0.2, 0) is 10.4 Å². The van der Waals surface area contributed by atoms with E-state index in [2.05, 4.69) is 15.9 Å². The van der Waals surface area contributed by atoms with Crippen molar-refractivity contribution in [1.82, 2.24) is 0 Å². The molecule has 0 aliphatic heterocycles. The highest BCUT2D eigenvalue weighted by atomic mass is 79.9. The fraction of sp³-hybridized carbons (Fsp3) is 0.417. The maximum Gasteiger partial charge on any atom is 0.421 e. The number of aliphatic hydroxyl groups is 1. The van der Waals surface area contributed by atoms with Crippen LogP contribution >= 0.6 is 15.9 Å². The summed E-state index contributed by atoms with van der Waals surface area (Å²) >= 11 is 3.03. The maximum atomic E-state index is 12.8. The molecule has 0 fully saturated rings. The van der Waals surface area contributed by atoms with Crippen molar-refractivity contribution in [1.29, 1.82) is 0 Å². The summed E-state index contributed by atoms with van der Waals surface area (Å²) in [4.78, 5) is 10.6. The summed E-state index contributed by atoms with van der Waals surface area (Å²) in [7, 11) is 0. The quantitative estimate of drug-likeness (QED) is 0.775. The molecule has 2 atom stereocenters. The molecule has 1 rings (SSSR count). The Kier molecular flexibility index (Phi) is 4.83. The number of aliphatic carboxylic acids is 1. The van der Waals surface area contributed by atoms with Gasteiger partial charge in [-0.05, 0) is 30.2 Å². The minimum absolute atomic E-state index is 0.196. The van der Waals surface area contributed by atoms with Crippen molar-refractivity contribution < 1.29 is 28.2 Å². The second-order valence-electron chi connectivity index (χ2n) is 4.55. The van der Waals surface area contributed by atoms with Crippen molar-refractivity contribution in [2.24, 2.45) is 5.73 Å². The molecule has 0 spiro atoms. The third kappa shape index (κ3) is 3.71. The van der Waals surface area contributed by atoms with E-state index in [0.29, 0.717) is 6.92 Å². The van der Waals surface area contributed by atoms with Crippen LogP contribution in [0.25, 0.3) is 0 Å². The molecule has 20 heavy (non-hydrogen) atoms. The number of nitrogens with two attached hydrogens (primary N) is 1. The molecule has 0 radical (unpaired) electrons. The van der Waals surface area contributed by atoms with Gasteiger partial charge in [0, 0.05) is 10.5 Å². The topological polar surface area (TPSA) is 83.5 Å². The minimum Gasteiger partial charge on any atom is -0.481 e. The molecule has 0 aromatic heterocycles. The Morgan fingerprint density at radius 3 is 2.40 bits per heavy atom. The highest BCUT2D eigenvalue weighted by Crippen LogP contribution is 2.40. The molecule has 0 amide bonds. The second-order valence-corrected chi connectivity index (χ2v) is 5.46. The van der Waals surface area contributed by atoms with Gasteiger partial charge in [-0.25, -0.2) is 0 Å². The number of carbonyl (C=O) groups is 1. The number of alkyl halides is 3. The normalized spacial score (nSPS) is 16.6. The van der Waals surface area contributed by atoms with Crippen molar-refractivity contribution in [3.8, 4) is 0 Å². The number of hydrogen-bond acceptors (Lipinski definition) is 3. The number of carboxylic acid groups (broad SMARTS) is 1. The first kappa shape index (κ1) is 16.9. The molecule has 0 saturated carbocycles. The van der Waals surface area contributed by atoms with E-state index in [1.165, 1.54) is 6.07 Å². The van der Waals surface area contributed by atoms with Crippen LogP contribution in [0, 0.1) is 0 Å². The Bertz CT molecular complexity index is 517. The van der Waals surface area contributed by atoms with Crippen LogP contribution in [0.5, 0.6) is 0 Å². The SMILES string of the molecule is CC(O)(c1cc(Br)cc([C@@H](N)CC(=O)O)c1)C(F)(F)F. The predicted octanol–water partition coefficient (Wildman–Crippen LogP) is 2.69. The van der Waals surface area contributed by atoms with Crippen LogP contribution < -0.4 is 5.73 Å². The molecule has 0 bridgehead atoms. The van der Waals surface area contributed by atoms with Gasteiger partial charge in [-0.3, -0.25) is 4.79 Å². The van der Waals surface area contributed by atoms with Crippen molar-refractivity contribution in [3.05, 3.63) is 33.8 Å². The van der Waals surface area contributed by atoms with Crippen molar-refractivity contribution in [2.75, 3.05) is 0 Å². The summed E-state index contributed by atoms with van der Waals surface area (Å²) in [5, 5.41) is 18.3. The van der Waals surface area contributed by atoms with Crippen LogP contribution in [-0.4, -0.2) is 22.4 Å². The molecule has 8 heteroatoms. The van der Waals surface area contributed by atoms with Crippen LogP contribution in [0.2, 0.25) is 0 Å². The van der Waals surface area contributed by atoms with Gasteiger partial charge in [0.1, 0.15) is 0 Å².